The predicted molar refractivity (Wildman–Crippen MR) is 126 cm³/mol. The van der Waals surface area contributed by atoms with E-state index in [0.29, 0.717) is 52.1 Å². The molecule has 2 aromatic heterocycles. The zero-order chi connectivity index (χ0) is 22.1. The summed E-state index contributed by atoms with van der Waals surface area (Å²) in [4.78, 5) is 17.0. The fraction of sp³-hybridized carbons (Fsp3) is 0.0870. The second-order valence-corrected chi connectivity index (χ2v) is 8.61. The normalized spacial score (nSPS) is 13.1. The second kappa shape index (κ2) is 8.49. The summed E-state index contributed by atoms with van der Waals surface area (Å²) in [6.45, 7) is 1.02. The summed E-state index contributed by atoms with van der Waals surface area (Å²) in [5, 5.41) is 15.7. The number of fused-ring (bicyclic) bond motifs is 2. The number of benzene rings is 2. The van der Waals surface area contributed by atoms with Gasteiger partial charge in [0.05, 0.1) is 11.3 Å². The number of anilines is 1. The quantitative estimate of drug-likeness (QED) is 0.290. The minimum Gasteiger partial charge on any atom is -0.486 e. The van der Waals surface area contributed by atoms with Crippen molar-refractivity contribution in [3.8, 4) is 28.8 Å². The van der Waals surface area contributed by atoms with Crippen molar-refractivity contribution in [3.63, 3.8) is 0 Å². The Kier molecular flexibility index (Phi) is 5.39. The Labute approximate surface area is 194 Å². The fourth-order valence-corrected chi connectivity index (χ4v) is 4.39. The molecule has 0 unspecified atom stereocenters. The van der Waals surface area contributed by atoms with E-state index < -0.39 is 5.63 Å². The Balaban J connectivity index is 1.43. The molecule has 7 nitrogen and oxygen atoms in total. The van der Waals surface area contributed by atoms with Gasteiger partial charge in [-0.15, -0.1) is 11.3 Å². The Hall–Kier alpha value is -3.61. The third-order valence-corrected chi connectivity index (χ3v) is 6.12. The third kappa shape index (κ3) is 3.98. The van der Waals surface area contributed by atoms with Crippen LogP contribution in [0, 0.1) is 11.3 Å². The van der Waals surface area contributed by atoms with E-state index >= 15 is 0 Å². The van der Waals surface area contributed by atoms with Crippen LogP contribution < -0.4 is 20.4 Å². The first kappa shape index (κ1) is 20.3. The van der Waals surface area contributed by atoms with Crippen molar-refractivity contribution < 1.29 is 13.9 Å². The average Bonchev–Trinajstić information content (AvgIpc) is 3.29. The van der Waals surface area contributed by atoms with Gasteiger partial charge >= 0.3 is 5.63 Å². The highest BCUT2D eigenvalue weighted by Crippen LogP contribution is 2.33. The third-order valence-electron chi connectivity index (χ3n) is 4.75. The van der Waals surface area contributed by atoms with Crippen molar-refractivity contribution in [2.45, 2.75) is 0 Å². The molecule has 0 saturated heterocycles. The van der Waals surface area contributed by atoms with Crippen LogP contribution in [0.3, 0.4) is 0 Å². The molecule has 32 heavy (non-hydrogen) atoms. The van der Waals surface area contributed by atoms with Crippen molar-refractivity contribution >= 4 is 49.5 Å². The van der Waals surface area contributed by atoms with Gasteiger partial charge in [-0.1, -0.05) is 15.9 Å². The van der Waals surface area contributed by atoms with E-state index in [2.05, 4.69) is 32.3 Å². The SMILES string of the molecule is N#CC(=CNc1ccc2c(c1)OCCO2)c1nc(-c2cc3cc(Br)ccc3oc2=O)cs1. The van der Waals surface area contributed by atoms with Gasteiger partial charge in [0.25, 0.3) is 0 Å². The van der Waals surface area contributed by atoms with Crippen molar-refractivity contribution in [1.29, 1.82) is 5.26 Å². The number of thiazole rings is 1. The standard InChI is InChI=1S/C23H14BrN3O4S/c24-15-1-3-19-13(7-15)8-17(23(28)31-19)18-12-32-22(27-18)14(10-25)11-26-16-2-4-20-21(9-16)30-6-5-29-20/h1-4,7-9,11-12,26H,5-6H2. The van der Waals surface area contributed by atoms with Gasteiger partial charge in [-0.3, -0.25) is 0 Å². The number of hydrogen-bond donors (Lipinski definition) is 1. The maximum atomic E-state index is 12.5. The Bertz CT molecular complexity index is 1470. The van der Waals surface area contributed by atoms with Gasteiger partial charge in [0, 0.05) is 33.2 Å². The average molecular weight is 508 g/mol. The predicted octanol–water partition coefficient (Wildman–Crippen LogP) is 5.43. The lowest BCUT2D eigenvalue weighted by atomic mass is 10.1. The van der Waals surface area contributed by atoms with Crippen LogP contribution in [0.5, 0.6) is 11.5 Å². The summed E-state index contributed by atoms with van der Waals surface area (Å²) < 4.78 is 17.4. The molecule has 0 spiro atoms. The number of aromatic nitrogens is 1. The maximum Gasteiger partial charge on any atom is 0.345 e. The number of rotatable bonds is 4. The molecule has 1 N–H and O–H groups in total. The highest BCUT2D eigenvalue weighted by atomic mass is 79.9. The molecular formula is C23H14BrN3O4S. The molecule has 1 aliphatic heterocycles. The largest absolute Gasteiger partial charge is 0.486 e. The van der Waals surface area contributed by atoms with Gasteiger partial charge in [0.1, 0.15) is 35.4 Å². The molecule has 2 aromatic carbocycles. The molecule has 0 radical (unpaired) electrons. The molecule has 1 aliphatic rings. The highest BCUT2D eigenvalue weighted by molar-refractivity contribution is 9.10. The number of hydrogen-bond acceptors (Lipinski definition) is 8. The summed E-state index contributed by atoms with van der Waals surface area (Å²) in [6.07, 6.45) is 1.58. The van der Waals surface area contributed by atoms with Crippen LogP contribution >= 0.6 is 27.3 Å². The highest BCUT2D eigenvalue weighted by Gasteiger charge is 2.15. The number of nitriles is 1. The van der Waals surface area contributed by atoms with Crippen LogP contribution in [0.1, 0.15) is 5.01 Å². The minimum atomic E-state index is -0.478. The molecule has 0 aliphatic carbocycles. The molecule has 0 saturated carbocycles. The molecule has 3 heterocycles. The smallest absolute Gasteiger partial charge is 0.345 e. The van der Waals surface area contributed by atoms with E-state index in [9.17, 15) is 10.1 Å². The van der Waals surface area contributed by atoms with Crippen molar-refractivity contribution in [3.05, 3.63) is 73.9 Å². The lowest BCUT2D eigenvalue weighted by Gasteiger charge is -2.18. The zero-order valence-corrected chi connectivity index (χ0v) is 18.8. The first-order valence-corrected chi connectivity index (χ1v) is 11.2. The molecule has 4 aromatic rings. The molecule has 5 rings (SSSR count). The van der Waals surface area contributed by atoms with Gasteiger partial charge in [-0.05, 0) is 36.4 Å². The zero-order valence-electron chi connectivity index (χ0n) is 16.4. The number of ether oxygens (including phenoxy) is 2. The van der Waals surface area contributed by atoms with Gasteiger partial charge in [0.15, 0.2) is 11.5 Å². The van der Waals surface area contributed by atoms with Crippen molar-refractivity contribution in [2.75, 3.05) is 18.5 Å². The molecular weight excluding hydrogens is 494 g/mol. The molecule has 158 valence electrons. The van der Waals surface area contributed by atoms with Gasteiger partial charge in [-0.25, -0.2) is 9.78 Å². The second-order valence-electron chi connectivity index (χ2n) is 6.84. The lowest BCUT2D eigenvalue weighted by Crippen LogP contribution is -2.15. The van der Waals surface area contributed by atoms with E-state index in [1.807, 2.05) is 30.3 Å². The van der Waals surface area contributed by atoms with Crippen LogP contribution in [0.4, 0.5) is 5.69 Å². The van der Waals surface area contributed by atoms with Crippen LogP contribution in [-0.4, -0.2) is 18.2 Å². The number of allylic oxidation sites excluding steroid dienone is 1. The number of nitrogens with zero attached hydrogens (tertiary/aromatic N) is 2. The number of nitrogens with one attached hydrogen (secondary N) is 1. The van der Waals surface area contributed by atoms with Crippen LogP contribution in [0.2, 0.25) is 0 Å². The Morgan fingerprint density at radius 2 is 2.00 bits per heavy atom. The van der Waals surface area contributed by atoms with E-state index in [1.54, 1.807) is 23.7 Å². The first-order chi connectivity index (χ1) is 15.6. The molecule has 9 heteroatoms. The summed E-state index contributed by atoms with van der Waals surface area (Å²) in [5.74, 6) is 1.34. The van der Waals surface area contributed by atoms with E-state index in [4.69, 9.17) is 13.9 Å². The summed E-state index contributed by atoms with van der Waals surface area (Å²) >= 11 is 4.70. The summed E-state index contributed by atoms with van der Waals surface area (Å²) in [7, 11) is 0. The van der Waals surface area contributed by atoms with E-state index in [0.717, 1.165) is 15.5 Å². The first-order valence-electron chi connectivity index (χ1n) is 9.57. The Morgan fingerprint density at radius 1 is 1.16 bits per heavy atom. The van der Waals surface area contributed by atoms with Crippen molar-refractivity contribution in [1.82, 2.24) is 4.98 Å². The maximum absolute atomic E-state index is 12.5. The summed E-state index contributed by atoms with van der Waals surface area (Å²) in [6, 6.07) is 14.8. The van der Waals surface area contributed by atoms with Gasteiger partial charge in [-0.2, -0.15) is 5.26 Å². The Morgan fingerprint density at radius 3 is 2.84 bits per heavy atom. The van der Waals surface area contributed by atoms with Crippen LogP contribution in [0.15, 0.2) is 67.7 Å². The molecule has 0 amide bonds. The molecule has 0 fully saturated rings. The van der Waals surface area contributed by atoms with E-state index in [1.165, 1.54) is 11.3 Å². The van der Waals surface area contributed by atoms with Crippen molar-refractivity contribution in [2.24, 2.45) is 0 Å². The fourth-order valence-electron chi connectivity index (χ4n) is 3.22. The van der Waals surface area contributed by atoms with Gasteiger partial charge in [0.2, 0.25) is 0 Å². The van der Waals surface area contributed by atoms with Gasteiger partial charge < -0.3 is 19.2 Å². The topological polar surface area (TPSA) is 97.4 Å². The van der Waals surface area contributed by atoms with E-state index in [-0.39, 0.29) is 0 Å². The van der Waals surface area contributed by atoms with Crippen LogP contribution in [-0.2, 0) is 0 Å². The molecule has 0 atom stereocenters. The van der Waals surface area contributed by atoms with Crippen LogP contribution in [0.25, 0.3) is 27.8 Å². The lowest BCUT2D eigenvalue weighted by molar-refractivity contribution is 0.171. The monoisotopic (exact) mass is 507 g/mol. The summed E-state index contributed by atoms with van der Waals surface area (Å²) in [5.41, 5.74) is 1.91. The minimum absolute atomic E-state index is 0.337. The number of halogens is 1. The molecule has 0 bridgehead atoms.